The van der Waals surface area contributed by atoms with E-state index >= 15 is 0 Å². The highest BCUT2D eigenvalue weighted by Crippen LogP contribution is 2.07. The maximum Gasteiger partial charge on any atom is 0.231 e. The Bertz CT molecular complexity index is 169. The van der Waals surface area contributed by atoms with Gasteiger partial charge >= 0.3 is 0 Å². The number of hydrogen-bond donors (Lipinski definition) is 1. The van der Waals surface area contributed by atoms with Crippen LogP contribution in [-0.4, -0.2) is 25.1 Å². The SMILES string of the molecule is CCOC1=NOC(NC=O)C1. The van der Waals surface area contributed by atoms with Crippen molar-refractivity contribution in [1.29, 1.82) is 0 Å². The fraction of sp³-hybridized carbons (Fsp3) is 0.667. The Labute approximate surface area is 64.3 Å². The van der Waals surface area contributed by atoms with Crippen LogP contribution in [0.2, 0.25) is 0 Å². The monoisotopic (exact) mass is 158 g/mol. The van der Waals surface area contributed by atoms with E-state index in [1.54, 1.807) is 0 Å². The lowest BCUT2D eigenvalue weighted by Gasteiger charge is -2.03. The van der Waals surface area contributed by atoms with E-state index < -0.39 is 0 Å². The van der Waals surface area contributed by atoms with Crippen molar-refractivity contribution >= 4 is 12.3 Å². The fourth-order valence-corrected chi connectivity index (χ4v) is 0.773. The molecule has 1 rings (SSSR count). The van der Waals surface area contributed by atoms with E-state index in [4.69, 9.17) is 9.57 Å². The van der Waals surface area contributed by atoms with Gasteiger partial charge in [-0.2, -0.15) is 0 Å². The van der Waals surface area contributed by atoms with Gasteiger partial charge in [-0.1, -0.05) is 0 Å². The van der Waals surface area contributed by atoms with Crippen LogP contribution in [0, 0.1) is 0 Å². The van der Waals surface area contributed by atoms with Crippen molar-refractivity contribution in [3.63, 3.8) is 0 Å². The lowest BCUT2D eigenvalue weighted by molar-refractivity contribution is -0.112. The van der Waals surface area contributed by atoms with Gasteiger partial charge in [0.15, 0.2) is 0 Å². The van der Waals surface area contributed by atoms with Gasteiger partial charge in [0, 0.05) is 0 Å². The molecular formula is C6H10N2O3. The second-order valence-corrected chi connectivity index (χ2v) is 2.00. The fourth-order valence-electron chi connectivity index (χ4n) is 0.773. The zero-order valence-corrected chi connectivity index (χ0v) is 6.24. The molecule has 1 heterocycles. The number of rotatable bonds is 3. The Morgan fingerprint density at radius 3 is 3.45 bits per heavy atom. The minimum Gasteiger partial charge on any atom is -0.479 e. The second kappa shape index (κ2) is 3.80. The Kier molecular flexibility index (Phi) is 2.71. The third-order valence-electron chi connectivity index (χ3n) is 1.21. The van der Waals surface area contributed by atoms with Crippen LogP contribution in [-0.2, 0) is 14.4 Å². The Morgan fingerprint density at radius 1 is 2.00 bits per heavy atom. The molecule has 0 fully saturated rings. The molecule has 0 bridgehead atoms. The normalized spacial score (nSPS) is 21.9. The number of nitrogens with zero attached hydrogens (tertiary/aromatic N) is 1. The van der Waals surface area contributed by atoms with Crippen molar-refractivity contribution < 1.29 is 14.4 Å². The van der Waals surface area contributed by atoms with Gasteiger partial charge in [0.05, 0.1) is 13.0 Å². The summed E-state index contributed by atoms with van der Waals surface area (Å²) in [6.07, 6.45) is 0.732. The van der Waals surface area contributed by atoms with E-state index in [1.165, 1.54) is 0 Å². The standard InChI is InChI=1S/C6H10N2O3/c1-2-10-6-3-5(7-4-9)11-8-6/h4-5H,2-3H2,1H3,(H,7,9). The summed E-state index contributed by atoms with van der Waals surface area (Å²) < 4.78 is 5.05. The van der Waals surface area contributed by atoms with Crippen LogP contribution < -0.4 is 5.32 Å². The molecule has 11 heavy (non-hydrogen) atoms. The topological polar surface area (TPSA) is 59.9 Å². The average Bonchev–Trinajstić information content (AvgIpc) is 2.38. The van der Waals surface area contributed by atoms with E-state index in [2.05, 4.69) is 10.5 Å². The summed E-state index contributed by atoms with van der Waals surface area (Å²) in [6.45, 7) is 2.43. The van der Waals surface area contributed by atoms with Gasteiger partial charge < -0.3 is 14.9 Å². The number of amides is 1. The summed E-state index contributed by atoms with van der Waals surface area (Å²) in [6, 6.07) is 0. The third kappa shape index (κ3) is 2.10. The summed E-state index contributed by atoms with van der Waals surface area (Å²) in [5.74, 6) is 0.534. The quantitative estimate of drug-likeness (QED) is 0.580. The Hall–Kier alpha value is -1.26. The van der Waals surface area contributed by atoms with Crippen molar-refractivity contribution in [3.8, 4) is 0 Å². The number of carbonyl (C=O) groups is 1. The zero-order chi connectivity index (χ0) is 8.10. The summed E-state index contributed by atoms with van der Waals surface area (Å²) in [7, 11) is 0. The molecule has 0 aromatic heterocycles. The molecule has 0 spiro atoms. The molecular weight excluding hydrogens is 148 g/mol. The van der Waals surface area contributed by atoms with Gasteiger partial charge in [0.2, 0.25) is 18.5 Å². The summed E-state index contributed by atoms with van der Waals surface area (Å²) >= 11 is 0. The van der Waals surface area contributed by atoms with Crippen LogP contribution in [0.3, 0.4) is 0 Å². The molecule has 5 nitrogen and oxygen atoms in total. The second-order valence-electron chi connectivity index (χ2n) is 2.00. The minimum absolute atomic E-state index is 0.353. The average molecular weight is 158 g/mol. The van der Waals surface area contributed by atoms with Crippen LogP contribution in [0.15, 0.2) is 5.16 Å². The lowest BCUT2D eigenvalue weighted by atomic mass is 10.4. The van der Waals surface area contributed by atoms with Gasteiger partial charge in [-0.25, -0.2) is 0 Å². The van der Waals surface area contributed by atoms with Crippen LogP contribution in [0.4, 0.5) is 0 Å². The largest absolute Gasteiger partial charge is 0.479 e. The summed E-state index contributed by atoms with van der Waals surface area (Å²) in [5, 5.41) is 6.03. The number of ether oxygens (including phenoxy) is 1. The molecule has 0 saturated heterocycles. The first-order chi connectivity index (χ1) is 5.36. The smallest absolute Gasteiger partial charge is 0.231 e. The van der Waals surface area contributed by atoms with E-state index in [-0.39, 0.29) is 6.23 Å². The summed E-state index contributed by atoms with van der Waals surface area (Å²) in [4.78, 5) is 14.7. The van der Waals surface area contributed by atoms with E-state index in [0.29, 0.717) is 25.3 Å². The van der Waals surface area contributed by atoms with E-state index in [0.717, 1.165) is 0 Å². The number of nitrogens with one attached hydrogen (secondary N) is 1. The van der Waals surface area contributed by atoms with Crippen molar-refractivity contribution in [2.75, 3.05) is 6.61 Å². The molecule has 62 valence electrons. The molecule has 1 aliphatic rings. The van der Waals surface area contributed by atoms with Crippen molar-refractivity contribution in [1.82, 2.24) is 5.32 Å². The molecule has 1 N–H and O–H groups in total. The van der Waals surface area contributed by atoms with E-state index in [9.17, 15) is 4.79 Å². The van der Waals surface area contributed by atoms with Gasteiger partial charge in [-0.05, 0) is 12.1 Å². The number of hydrogen-bond acceptors (Lipinski definition) is 4. The van der Waals surface area contributed by atoms with E-state index in [1.807, 2.05) is 6.92 Å². The molecule has 0 aromatic carbocycles. The first-order valence-corrected chi connectivity index (χ1v) is 3.42. The lowest BCUT2D eigenvalue weighted by Crippen LogP contribution is -2.27. The predicted octanol–water partition coefficient (Wildman–Crippen LogP) is -0.171. The predicted molar refractivity (Wildman–Crippen MR) is 37.8 cm³/mol. The van der Waals surface area contributed by atoms with Gasteiger partial charge in [-0.15, -0.1) is 0 Å². The summed E-state index contributed by atoms with van der Waals surface area (Å²) in [5.41, 5.74) is 0. The van der Waals surface area contributed by atoms with Crippen LogP contribution >= 0.6 is 0 Å². The maximum atomic E-state index is 9.94. The maximum absolute atomic E-state index is 9.94. The van der Waals surface area contributed by atoms with Crippen molar-refractivity contribution in [2.24, 2.45) is 5.16 Å². The highest BCUT2D eigenvalue weighted by atomic mass is 16.7. The van der Waals surface area contributed by atoms with Crippen LogP contribution in [0.1, 0.15) is 13.3 Å². The molecule has 0 saturated carbocycles. The molecule has 1 aliphatic heterocycles. The molecule has 0 radical (unpaired) electrons. The van der Waals surface area contributed by atoms with Crippen molar-refractivity contribution in [2.45, 2.75) is 19.6 Å². The minimum atomic E-state index is -0.353. The highest BCUT2D eigenvalue weighted by molar-refractivity contribution is 5.77. The van der Waals surface area contributed by atoms with Crippen LogP contribution in [0.5, 0.6) is 0 Å². The van der Waals surface area contributed by atoms with Gasteiger partial charge in [0.1, 0.15) is 0 Å². The third-order valence-corrected chi connectivity index (χ3v) is 1.21. The molecule has 1 unspecified atom stereocenters. The molecule has 0 aromatic rings. The molecule has 0 aliphatic carbocycles. The number of oxime groups is 1. The molecule has 1 amide bonds. The first-order valence-electron chi connectivity index (χ1n) is 3.42. The van der Waals surface area contributed by atoms with Gasteiger partial charge in [-0.3, -0.25) is 4.79 Å². The Morgan fingerprint density at radius 2 is 2.82 bits per heavy atom. The Balaban J connectivity index is 2.24. The van der Waals surface area contributed by atoms with Crippen molar-refractivity contribution in [3.05, 3.63) is 0 Å². The van der Waals surface area contributed by atoms with Gasteiger partial charge in [0.25, 0.3) is 0 Å². The molecule has 5 heteroatoms. The van der Waals surface area contributed by atoms with Crippen LogP contribution in [0.25, 0.3) is 0 Å². The molecule has 1 atom stereocenters. The zero-order valence-electron chi connectivity index (χ0n) is 6.24. The number of carbonyl (C=O) groups excluding carboxylic acids is 1. The highest BCUT2D eigenvalue weighted by Gasteiger charge is 2.20. The first kappa shape index (κ1) is 7.84.